The third kappa shape index (κ3) is 5.42. The maximum Gasteiger partial charge on any atom is 0.309 e. The number of carboxylic acid groups (broad SMARTS) is 1. The van der Waals surface area contributed by atoms with E-state index in [1.54, 1.807) is 6.07 Å². The van der Waals surface area contributed by atoms with Crippen LogP contribution in [0.25, 0.3) is 11.4 Å². The Hall–Kier alpha value is -3.68. The fourth-order valence-corrected chi connectivity index (χ4v) is 4.40. The molecule has 3 aromatic carbocycles. The van der Waals surface area contributed by atoms with Crippen LogP contribution in [0.2, 0.25) is 5.02 Å². The minimum Gasteiger partial charge on any atom is -0.481 e. The molecule has 1 fully saturated rings. The van der Waals surface area contributed by atoms with Crippen LogP contribution >= 0.6 is 11.6 Å². The lowest BCUT2D eigenvalue weighted by Crippen LogP contribution is -2.49. The van der Waals surface area contributed by atoms with E-state index in [1.165, 1.54) is 5.56 Å². The Kier molecular flexibility index (Phi) is 7.02. The van der Waals surface area contributed by atoms with Gasteiger partial charge in [-0.1, -0.05) is 72.2 Å². The molecule has 0 spiro atoms. The molecule has 1 saturated heterocycles. The van der Waals surface area contributed by atoms with E-state index in [1.807, 2.05) is 66.7 Å². The van der Waals surface area contributed by atoms with Crippen molar-refractivity contribution in [3.63, 3.8) is 0 Å². The molecular formula is C28H26ClN3O4. The number of carbonyl (C=O) groups is 1. The van der Waals surface area contributed by atoms with E-state index in [9.17, 15) is 4.79 Å². The van der Waals surface area contributed by atoms with Crippen LogP contribution in [0.1, 0.15) is 35.6 Å². The van der Waals surface area contributed by atoms with Crippen LogP contribution in [0, 0.1) is 5.92 Å². The summed E-state index contributed by atoms with van der Waals surface area (Å²) in [5, 5.41) is 13.8. The zero-order valence-electron chi connectivity index (χ0n) is 19.8. The first-order valence-corrected chi connectivity index (χ1v) is 12.3. The van der Waals surface area contributed by atoms with Crippen molar-refractivity contribution in [2.75, 3.05) is 13.1 Å². The van der Waals surface area contributed by atoms with Crippen molar-refractivity contribution < 1.29 is 19.2 Å². The van der Waals surface area contributed by atoms with Gasteiger partial charge in [-0.05, 0) is 41.8 Å². The maximum absolute atomic E-state index is 11.0. The fourth-order valence-electron chi connectivity index (χ4n) is 4.20. The highest BCUT2D eigenvalue weighted by atomic mass is 35.5. The highest BCUT2D eigenvalue weighted by molar-refractivity contribution is 6.30. The largest absolute Gasteiger partial charge is 0.481 e. The first-order valence-electron chi connectivity index (χ1n) is 11.9. The Morgan fingerprint density at radius 2 is 1.83 bits per heavy atom. The van der Waals surface area contributed by atoms with Gasteiger partial charge in [-0.3, -0.25) is 9.69 Å². The number of hydrogen-bond acceptors (Lipinski definition) is 6. The molecule has 0 bridgehead atoms. The van der Waals surface area contributed by atoms with E-state index in [-0.39, 0.29) is 5.92 Å². The molecule has 0 amide bonds. The molecule has 1 atom stereocenters. The second-order valence-electron chi connectivity index (χ2n) is 8.93. The van der Waals surface area contributed by atoms with Gasteiger partial charge in [0.05, 0.1) is 5.92 Å². The zero-order chi connectivity index (χ0) is 25.1. The average Bonchev–Trinajstić information content (AvgIpc) is 3.35. The number of hydrogen-bond donors (Lipinski definition) is 1. The van der Waals surface area contributed by atoms with Gasteiger partial charge in [0.1, 0.15) is 5.75 Å². The summed E-state index contributed by atoms with van der Waals surface area (Å²) in [5.41, 5.74) is 3.95. The van der Waals surface area contributed by atoms with Gasteiger partial charge in [0, 0.05) is 35.8 Å². The number of aromatic nitrogens is 2. The van der Waals surface area contributed by atoms with E-state index in [4.69, 9.17) is 26.0 Å². The van der Waals surface area contributed by atoms with Crippen LogP contribution < -0.4 is 4.74 Å². The zero-order valence-corrected chi connectivity index (χ0v) is 20.6. The molecule has 8 heteroatoms. The Labute approximate surface area is 214 Å². The molecule has 5 rings (SSSR count). The van der Waals surface area contributed by atoms with Gasteiger partial charge >= 0.3 is 5.97 Å². The topological polar surface area (TPSA) is 88.7 Å². The third-order valence-corrected chi connectivity index (χ3v) is 6.56. The molecule has 1 aromatic heterocycles. The van der Waals surface area contributed by atoms with Crippen molar-refractivity contribution in [3.05, 3.63) is 100 Å². The SMILES string of the molecule is CCc1ccc(OC(c2cccc(Cl)c2)c2nc(-c3ccc(CN4CC(C(=O)O)C4)cc3)no2)cc1. The summed E-state index contributed by atoms with van der Waals surface area (Å²) < 4.78 is 12.0. The average molecular weight is 504 g/mol. The summed E-state index contributed by atoms with van der Waals surface area (Å²) in [7, 11) is 0. The lowest BCUT2D eigenvalue weighted by molar-refractivity contribution is -0.147. The van der Waals surface area contributed by atoms with Gasteiger partial charge in [0.15, 0.2) is 0 Å². The first-order chi connectivity index (χ1) is 17.5. The Morgan fingerprint density at radius 1 is 1.11 bits per heavy atom. The highest BCUT2D eigenvalue weighted by Gasteiger charge is 2.32. The van der Waals surface area contributed by atoms with Crippen molar-refractivity contribution in [1.82, 2.24) is 15.0 Å². The number of aliphatic carboxylic acids is 1. The van der Waals surface area contributed by atoms with Gasteiger partial charge in [0.2, 0.25) is 11.9 Å². The Morgan fingerprint density at radius 3 is 2.50 bits per heavy atom. The molecule has 1 aliphatic rings. The van der Waals surface area contributed by atoms with E-state index in [0.717, 1.165) is 23.1 Å². The first kappa shape index (κ1) is 24.0. The van der Waals surface area contributed by atoms with E-state index in [2.05, 4.69) is 22.0 Å². The molecule has 0 saturated carbocycles. The van der Waals surface area contributed by atoms with E-state index in [0.29, 0.717) is 42.1 Å². The standard InChI is InChI=1S/C28H26ClN3O4/c1-2-18-8-12-24(13-9-18)35-25(21-4-3-5-23(29)14-21)27-30-26(31-36-27)20-10-6-19(7-11-20)15-32-16-22(17-32)28(33)34/h3-14,22,25H,2,15-17H2,1H3,(H,33,34). The van der Waals surface area contributed by atoms with Crippen LogP contribution in [0.4, 0.5) is 0 Å². The number of carboxylic acids is 1. The number of nitrogens with zero attached hydrogens (tertiary/aromatic N) is 3. The number of benzene rings is 3. The smallest absolute Gasteiger partial charge is 0.309 e. The second kappa shape index (κ2) is 10.5. The predicted octanol–water partition coefficient (Wildman–Crippen LogP) is 5.64. The summed E-state index contributed by atoms with van der Waals surface area (Å²) >= 11 is 6.25. The van der Waals surface area contributed by atoms with Crippen LogP contribution in [-0.2, 0) is 17.8 Å². The van der Waals surface area contributed by atoms with Crippen LogP contribution in [0.15, 0.2) is 77.3 Å². The normalized spacial score (nSPS) is 14.8. The van der Waals surface area contributed by atoms with Crippen LogP contribution in [0.5, 0.6) is 5.75 Å². The predicted molar refractivity (Wildman–Crippen MR) is 136 cm³/mol. The second-order valence-corrected chi connectivity index (χ2v) is 9.37. The van der Waals surface area contributed by atoms with Crippen molar-refractivity contribution in [2.45, 2.75) is 26.0 Å². The number of rotatable bonds is 9. The van der Waals surface area contributed by atoms with Crippen molar-refractivity contribution in [1.29, 1.82) is 0 Å². The summed E-state index contributed by atoms with van der Waals surface area (Å²) in [5.74, 6) is 0.492. The summed E-state index contributed by atoms with van der Waals surface area (Å²) in [4.78, 5) is 17.8. The lowest BCUT2D eigenvalue weighted by Gasteiger charge is -2.36. The van der Waals surface area contributed by atoms with Crippen LogP contribution in [-0.4, -0.2) is 39.2 Å². The highest BCUT2D eigenvalue weighted by Crippen LogP contribution is 2.31. The van der Waals surface area contributed by atoms with Gasteiger partial charge in [0.25, 0.3) is 5.89 Å². The maximum atomic E-state index is 11.0. The van der Waals surface area contributed by atoms with Crippen LogP contribution in [0.3, 0.4) is 0 Å². The monoisotopic (exact) mass is 503 g/mol. The van der Waals surface area contributed by atoms with Crippen molar-refractivity contribution >= 4 is 17.6 Å². The lowest BCUT2D eigenvalue weighted by atomic mass is 9.99. The number of halogens is 1. The molecule has 0 aliphatic carbocycles. The van der Waals surface area contributed by atoms with Crippen molar-refractivity contribution in [2.24, 2.45) is 5.92 Å². The van der Waals surface area contributed by atoms with Crippen molar-refractivity contribution in [3.8, 4) is 17.1 Å². The molecule has 4 aromatic rings. The molecular weight excluding hydrogens is 478 g/mol. The fraction of sp³-hybridized carbons (Fsp3) is 0.250. The third-order valence-electron chi connectivity index (χ3n) is 6.33. The van der Waals surface area contributed by atoms with Gasteiger partial charge < -0.3 is 14.4 Å². The quantitative estimate of drug-likeness (QED) is 0.316. The molecule has 1 unspecified atom stereocenters. The molecule has 2 heterocycles. The molecule has 184 valence electrons. The summed E-state index contributed by atoms with van der Waals surface area (Å²) in [6.45, 7) is 3.98. The van der Waals surface area contributed by atoms with Gasteiger partial charge in [-0.15, -0.1) is 0 Å². The Balaban J connectivity index is 1.34. The van der Waals surface area contributed by atoms with E-state index >= 15 is 0 Å². The van der Waals surface area contributed by atoms with Gasteiger partial charge in [-0.2, -0.15) is 4.98 Å². The Bertz CT molecular complexity index is 1330. The minimum atomic E-state index is -0.729. The summed E-state index contributed by atoms with van der Waals surface area (Å²) in [6, 6.07) is 23.2. The molecule has 1 N–H and O–H groups in total. The number of likely N-dealkylation sites (tertiary alicyclic amines) is 1. The minimum absolute atomic E-state index is 0.263. The molecule has 1 aliphatic heterocycles. The number of aryl methyl sites for hydroxylation is 1. The number of ether oxygens (including phenoxy) is 1. The molecule has 36 heavy (non-hydrogen) atoms. The van der Waals surface area contributed by atoms with Gasteiger partial charge in [-0.25, -0.2) is 0 Å². The molecule has 7 nitrogen and oxygen atoms in total. The summed E-state index contributed by atoms with van der Waals surface area (Å²) in [6.07, 6.45) is 0.329. The molecule has 0 radical (unpaired) electrons. The van der Waals surface area contributed by atoms with E-state index < -0.39 is 12.1 Å².